The zero-order valence-electron chi connectivity index (χ0n) is 20.9. The van der Waals surface area contributed by atoms with Gasteiger partial charge in [0.05, 0.1) is 12.2 Å². The van der Waals surface area contributed by atoms with E-state index in [4.69, 9.17) is 8.85 Å². The van der Waals surface area contributed by atoms with E-state index in [2.05, 4.69) is 46.7 Å². The van der Waals surface area contributed by atoms with Gasteiger partial charge < -0.3 is 4.90 Å². The molecule has 0 aliphatic rings. The second-order valence-corrected chi connectivity index (χ2v) is 10.7. The van der Waals surface area contributed by atoms with Crippen LogP contribution in [0.2, 0.25) is 6.04 Å². The third-order valence-corrected chi connectivity index (χ3v) is 7.71. The maximum absolute atomic E-state index is 6.63. The monoisotopic (exact) mass is 428 g/mol. The van der Waals surface area contributed by atoms with E-state index >= 15 is 0 Å². The van der Waals surface area contributed by atoms with Gasteiger partial charge in [0.1, 0.15) is 6.04 Å². The highest BCUT2D eigenvalue weighted by Crippen LogP contribution is 2.19. The van der Waals surface area contributed by atoms with Crippen LogP contribution in [0, 0.1) is 0 Å². The summed E-state index contributed by atoms with van der Waals surface area (Å²) < 4.78 is 13.3. The second kappa shape index (κ2) is 21.3. The summed E-state index contributed by atoms with van der Waals surface area (Å²) in [6, 6.07) is 1.11. The van der Waals surface area contributed by atoms with Crippen LogP contribution < -0.4 is 0 Å². The van der Waals surface area contributed by atoms with Gasteiger partial charge in [-0.1, -0.05) is 91.9 Å². The van der Waals surface area contributed by atoms with Gasteiger partial charge >= 0.3 is 9.28 Å². The van der Waals surface area contributed by atoms with Gasteiger partial charge in [-0.15, -0.1) is 0 Å². The zero-order valence-corrected chi connectivity index (χ0v) is 21.9. The van der Waals surface area contributed by atoms with Crippen LogP contribution in [-0.4, -0.2) is 47.0 Å². The van der Waals surface area contributed by atoms with Crippen molar-refractivity contribution < 1.29 is 8.85 Å². The number of nitrogens with zero attached hydrogens (tertiary/aromatic N) is 1. The predicted molar refractivity (Wildman–Crippen MR) is 131 cm³/mol. The lowest BCUT2D eigenvalue weighted by atomic mass is 10.1. The van der Waals surface area contributed by atoms with Gasteiger partial charge in [-0.3, -0.25) is 0 Å². The van der Waals surface area contributed by atoms with Gasteiger partial charge in [-0.05, 0) is 46.2 Å². The number of hydrogen-bond donors (Lipinski definition) is 0. The van der Waals surface area contributed by atoms with Gasteiger partial charge in [-0.2, -0.15) is 0 Å². The first-order valence-corrected chi connectivity index (χ1v) is 14.4. The molecule has 29 heavy (non-hydrogen) atoms. The average Bonchev–Trinajstić information content (AvgIpc) is 2.71. The van der Waals surface area contributed by atoms with Crippen LogP contribution >= 0.6 is 0 Å². The molecule has 0 amide bonds. The van der Waals surface area contributed by atoms with Gasteiger partial charge in [-0.25, -0.2) is 8.85 Å². The summed E-state index contributed by atoms with van der Waals surface area (Å²) in [5.74, 6) is 0. The fraction of sp³-hybridized carbons (Fsp3) is 1.00. The van der Waals surface area contributed by atoms with Crippen molar-refractivity contribution in [3.05, 3.63) is 0 Å². The first kappa shape index (κ1) is 29.1. The van der Waals surface area contributed by atoms with E-state index in [-0.39, 0.29) is 0 Å². The second-order valence-electron chi connectivity index (χ2n) is 8.98. The SMILES string of the molecule is CCCCCCCC(CC)O[Si+](CCCN(C)C)OC(CC)CCCCCCC. The van der Waals surface area contributed by atoms with Crippen LogP contribution in [0.3, 0.4) is 0 Å². The highest BCUT2D eigenvalue weighted by atomic mass is 28.3. The van der Waals surface area contributed by atoms with Crippen molar-refractivity contribution in [1.29, 1.82) is 0 Å². The summed E-state index contributed by atoms with van der Waals surface area (Å²) in [4.78, 5) is 2.27. The van der Waals surface area contributed by atoms with E-state index < -0.39 is 9.28 Å². The summed E-state index contributed by atoms with van der Waals surface area (Å²) in [5.41, 5.74) is 0. The van der Waals surface area contributed by atoms with Gasteiger partial charge in [0.2, 0.25) is 0 Å². The molecule has 0 aromatic carbocycles. The van der Waals surface area contributed by atoms with Gasteiger partial charge in [0, 0.05) is 6.54 Å². The molecule has 0 spiro atoms. The highest BCUT2D eigenvalue weighted by Gasteiger charge is 2.38. The molecular weight excluding hydrogens is 374 g/mol. The average molecular weight is 429 g/mol. The Hall–Kier alpha value is 0.0969. The molecule has 0 N–H and O–H groups in total. The molecule has 0 aliphatic heterocycles. The zero-order chi connectivity index (χ0) is 21.7. The Labute approximate surface area is 186 Å². The molecule has 0 aliphatic carbocycles. The normalized spacial score (nSPS) is 13.8. The van der Waals surface area contributed by atoms with Crippen LogP contribution in [0.4, 0.5) is 0 Å². The van der Waals surface area contributed by atoms with Crippen molar-refractivity contribution in [3.63, 3.8) is 0 Å². The molecule has 2 atom stereocenters. The minimum absolute atomic E-state index is 0.395. The topological polar surface area (TPSA) is 21.7 Å². The molecule has 0 radical (unpaired) electrons. The Bertz CT molecular complexity index is 304. The fourth-order valence-electron chi connectivity index (χ4n) is 3.70. The molecule has 3 nitrogen and oxygen atoms in total. The highest BCUT2D eigenvalue weighted by molar-refractivity contribution is 6.44. The largest absolute Gasteiger partial charge is 0.644 e. The Morgan fingerprint density at radius 3 is 1.45 bits per heavy atom. The molecule has 4 heteroatoms. The first-order valence-electron chi connectivity index (χ1n) is 12.9. The quantitative estimate of drug-likeness (QED) is 0.130. The first-order chi connectivity index (χ1) is 14.1. The molecule has 0 fully saturated rings. The van der Waals surface area contributed by atoms with Crippen LogP contribution in [0.15, 0.2) is 0 Å². The number of unbranched alkanes of at least 4 members (excludes halogenated alkanes) is 8. The molecule has 0 rings (SSSR count). The Balaban J connectivity index is 4.50. The van der Waals surface area contributed by atoms with Crippen molar-refractivity contribution in [3.8, 4) is 0 Å². The van der Waals surface area contributed by atoms with Crippen LogP contribution in [0.5, 0.6) is 0 Å². The molecule has 0 saturated carbocycles. The molecule has 0 aromatic rings. The van der Waals surface area contributed by atoms with Gasteiger partial charge in [0.25, 0.3) is 0 Å². The third-order valence-electron chi connectivity index (χ3n) is 5.75. The van der Waals surface area contributed by atoms with Gasteiger partial charge in [0.15, 0.2) is 0 Å². The molecule has 0 bridgehead atoms. The van der Waals surface area contributed by atoms with E-state index in [0.29, 0.717) is 12.2 Å². The Morgan fingerprint density at radius 1 is 0.621 bits per heavy atom. The summed E-state index contributed by atoms with van der Waals surface area (Å²) in [7, 11) is 3.13. The van der Waals surface area contributed by atoms with E-state index in [1.54, 1.807) is 0 Å². The van der Waals surface area contributed by atoms with E-state index in [9.17, 15) is 0 Å². The van der Waals surface area contributed by atoms with Crippen molar-refractivity contribution in [2.75, 3.05) is 20.6 Å². The lowest BCUT2D eigenvalue weighted by Gasteiger charge is -2.17. The smallest absolute Gasteiger partial charge is 0.309 e. The Morgan fingerprint density at radius 2 is 1.07 bits per heavy atom. The number of hydrogen-bond acceptors (Lipinski definition) is 3. The standard InChI is InChI=1S/C25H54NO2Si/c1-7-11-13-15-17-20-24(9-3)27-29(23-19-22-26(5)6)28-25(10-4)21-18-16-14-12-8-2/h24-25H,7-23H2,1-6H3/q+1. The van der Waals surface area contributed by atoms with Crippen molar-refractivity contribution in [2.45, 2.75) is 142 Å². The Kier molecular flexibility index (Phi) is 21.4. The molecule has 174 valence electrons. The van der Waals surface area contributed by atoms with E-state index in [0.717, 1.165) is 25.4 Å². The van der Waals surface area contributed by atoms with Crippen molar-refractivity contribution in [2.24, 2.45) is 0 Å². The van der Waals surface area contributed by atoms with Crippen LogP contribution in [-0.2, 0) is 8.85 Å². The maximum Gasteiger partial charge on any atom is 0.644 e. The fourth-order valence-corrected chi connectivity index (χ4v) is 5.75. The summed E-state index contributed by atoms with van der Waals surface area (Å²) in [5, 5.41) is 0. The third kappa shape index (κ3) is 18.6. The predicted octanol–water partition coefficient (Wildman–Crippen LogP) is 7.74. The van der Waals surface area contributed by atoms with Crippen molar-refractivity contribution >= 4 is 9.28 Å². The number of rotatable bonds is 22. The lowest BCUT2D eigenvalue weighted by Crippen LogP contribution is -2.33. The van der Waals surface area contributed by atoms with Crippen molar-refractivity contribution in [1.82, 2.24) is 4.90 Å². The van der Waals surface area contributed by atoms with E-state index in [1.807, 2.05) is 0 Å². The summed E-state index contributed by atoms with van der Waals surface area (Å²) >= 11 is 0. The molecule has 2 unspecified atom stereocenters. The molecular formula is C25H54NO2Si+. The minimum atomic E-state index is -1.18. The molecule has 0 aromatic heterocycles. The summed E-state index contributed by atoms with van der Waals surface area (Å²) in [6.07, 6.45) is 20.1. The maximum atomic E-state index is 6.63. The minimum Gasteiger partial charge on any atom is -0.309 e. The van der Waals surface area contributed by atoms with Crippen LogP contribution in [0.25, 0.3) is 0 Å². The molecule has 0 heterocycles. The summed E-state index contributed by atoms with van der Waals surface area (Å²) in [6.45, 7) is 10.3. The lowest BCUT2D eigenvalue weighted by molar-refractivity contribution is 0.0840. The molecule has 0 saturated heterocycles. The van der Waals surface area contributed by atoms with Crippen LogP contribution in [0.1, 0.15) is 124 Å². The van der Waals surface area contributed by atoms with E-state index in [1.165, 1.54) is 83.5 Å².